The molecule has 3 rings (SSSR count). The number of benzene rings is 1. The van der Waals surface area contributed by atoms with Gasteiger partial charge < -0.3 is 9.52 Å². The highest BCUT2D eigenvalue weighted by Gasteiger charge is 2.27. The fourth-order valence-electron chi connectivity index (χ4n) is 2.09. The summed E-state index contributed by atoms with van der Waals surface area (Å²) >= 11 is 1.63. The molecule has 1 aromatic carbocycles. The first-order valence-corrected chi connectivity index (χ1v) is 6.71. The summed E-state index contributed by atoms with van der Waals surface area (Å²) in [6, 6.07) is 14.0. The molecular formula is C15H14O2S. The molecule has 0 aliphatic carbocycles. The summed E-state index contributed by atoms with van der Waals surface area (Å²) in [5.74, 6) is 0.803. The molecule has 0 aliphatic rings. The second kappa shape index (κ2) is 4.26. The Bertz CT molecular complexity index is 617. The molecule has 0 bridgehead atoms. The molecule has 18 heavy (non-hydrogen) atoms. The lowest BCUT2D eigenvalue weighted by Crippen LogP contribution is -2.22. The minimum atomic E-state index is -0.887. The van der Waals surface area contributed by atoms with Gasteiger partial charge in [-0.25, -0.2) is 0 Å². The first kappa shape index (κ1) is 11.5. The standard InChI is InChI=1S/C15H14O2S/c1-15(16,10-12-6-4-8-17-12)14-9-11-5-2-3-7-13(11)18-14/h2-9,16H,10H2,1H3. The van der Waals surface area contributed by atoms with Crippen molar-refractivity contribution in [2.45, 2.75) is 18.9 Å². The molecule has 0 aliphatic heterocycles. The number of hydrogen-bond acceptors (Lipinski definition) is 3. The molecule has 1 N–H and O–H groups in total. The van der Waals surface area contributed by atoms with Gasteiger partial charge >= 0.3 is 0 Å². The van der Waals surface area contributed by atoms with Crippen LogP contribution >= 0.6 is 11.3 Å². The SMILES string of the molecule is CC(O)(Cc1ccco1)c1cc2ccccc2s1. The number of aliphatic hydroxyl groups is 1. The average molecular weight is 258 g/mol. The molecule has 0 amide bonds. The zero-order valence-corrected chi connectivity index (χ0v) is 10.9. The van der Waals surface area contributed by atoms with Gasteiger partial charge in [-0.1, -0.05) is 18.2 Å². The fourth-order valence-corrected chi connectivity index (χ4v) is 3.19. The van der Waals surface area contributed by atoms with Crippen molar-refractivity contribution < 1.29 is 9.52 Å². The molecule has 0 spiro atoms. The minimum absolute atomic E-state index is 0.493. The largest absolute Gasteiger partial charge is 0.469 e. The van der Waals surface area contributed by atoms with E-state index in [9.17, 15) is 5.11 Å². The maximum Gasteiger partial charge on any atom is 0.107 e. The van der Waals surface area contributed by atoms with Crippen LogP contribution in [0.1, 0.15) is 17.6 Å². The average Bonchev–Trinajstić information content (AvgIpc) is 2.96. The molecule has 2 aromatic heterocycles. The van der Waals surface area contributed by atoms with Crippen LogP contribution in [0.15, 0.2) is 53.1 Å². The van der Waals surface area contributed by atoms with E-state index < -0.39 is 5.60 Å². The molecule has 0 radical (unpaired) electrons. The molecule has 2 nitrogen and oxygen atoms in total. The van der Waals surface area contributed by atoms with Crippen LogP contribution in [-0.2, 0) is 12.0 Å². The van der Waals surface area contributed by atoms with Crippen LogP contribution < -0.4 is 0 Å². The number of furan rings is 1. The Hall–Kier alpha value is -1.58. The van der Waals surface area contributed by atoms with Gasteiger partial charge in [0.2, 0.25) is 0 Å². The Morgan fingerprint density at radius 2 is 2.06 bits per heavy atom. The van der Waals surface area contributed by atoms with Crippen molar-refractivity contribution in [3.63, 3.8) is 0 Å². The highest BCUT2D eigenvalue weighted by Crippen LogP contribution is 2.35. The predicted octanol–water partition coefficient (Wildman–Crippen LogP) is 3.94. The van der Waals surface area contributed by atoms with Crippen molar-refractivity contribution in [1.82, 2.24) is 0 Å². The molecule has 0 saturated heterocycles. The Kier molecular flexibility index (Phi) is 2.73. The molecule has 1 atom stereocenters. The van der Waals surface area contributed by atoms with E-state index in [1.807, 2.05) is 31.2 Å². The zero-order valence-electron chi connectivity index (χ0n) is 10.1. The van der Waals surface area contributed by atoms with Gasteiger partial charge in [0.25, 0.3) is 0 Å². The van der Waals surface area contributed by atoms with Crippen molar-refractivity contribution in [2.75, 3.05) is 0 Å². The molecule has 3 heteroatoms. The first-order chi connectivity index (χ1) is 8.65. The summed E-state index contributed by atoms with van der Waals surface area (Å²) in [5.41, 5.74) is -0.887. The van der Waals surface area contributed by atoms with Crippen molar-refractivity contribution >= 4 is 21.4 Å². The zero-order chi connectivity index (χ0) is 12.6. The van der Waals surface area contributed by atoms with Crippen LogP contribution in [0.25, 0.3) is 10.1 Å². The van der Waals surface area contributed by atoms with Gasteiger partial charge in [0.15, 0.2) is 0 Å². The third kappa shape index (κ3) is 2.07. The van der Waals surface area contributed by atoms with E-state index in [0.29, 0.717) is 6.42 Å². The fraction of sp³-hybridized carbons (Fsp3) is 0.200. The third-order valence-corrected chi connectivity index (χ3v) is 4.42. The molecule has 3 aromatic rings. The minimum Gasteiger partial charge on any atom is -0.469 e. The quantitative estimate of drug-likeness (QED) is 0.771. The highest BCUT2D eigenvalue weighted by atomic mass is 32.1. The monoisotopic (exact) mass is 258 g/mol. The van der Waals surface area contributed by atoms with Gasteiger partial charge in [-0.2, -0.15) is 0 Å². The normalized spacial score (nSPS) is 14.8. The van der Waals surface area contributed by atoms with Crippen LogP contribution in [0.5, 0.6) is 0 Å². The summed E-state index contributed by atoms with van der Waals surface area (Å²) < 4.78 is 6.51. The van der Waals surface area contributed by atoms with Gasteiger partial charge in [0.1, 0.15) is 11.4 Å². The van der Waals surface area contributed by atoms with Gasteiger partial charge in [-0.05, 0) is 36.6 Å². The number of fused-ring (bicyclic) bond motifs is 1. The molecule has 0 saturated carbocycles. The van der Waals surface area contributed by atoms with E-state index in [1.165, 1.54) is 10.1 Å². The van der Waals surface area contributed by atoms with Crippen LogP contribution in [0.3, 0.4) is 0 Å². The Labute approximate surface area is 109 Å². The Morgan fingerprint density at radius 1 is 1.22 bits per heavy atom. The highest BCUT2D eigenvalue weighted by molar-refractivity contribution is 7.19. The van der Waals surface area contributed by atoms with Crippen LogP contribution in [0.2, 0.25) is 0 Å². The predicted molar refractivity (Wildman–Crippen MR) is 73.8 cm³/mol. The first-order valence-electron chi connectivity index (χ1n) is 5.89. The summed E-state index contributed by atoms with van der Waals surface area (Å²) in [6.07, 6.45) is 2.13. The smallest absolute Gasteiger partial charge is 0.107 e. The molecule has 2 heterocycles. The van der Waals surface area contributed by atoms with E-state index in [2.05, 4.69) is 18.2 Å². The number of thiophene rings is 1. The van der Waals surface area contributed by atoms with Gasteiger partial charge in [-0.3, -0.25) is 0 Å². The molecule has 92 valence electrons. The van der Waals surface area contributed by atoms with Crippen molar-refractivity contribution in [1.29, 1.82) is 0 Å². The lowest BCUT2D eigenvalue weighted by atomic mass is 9.98. The lowest BCUT2D eigenvalue weighted by molar-refractivity contribution is 0.0560. The van der Waals surface area contributed by atoms with Gasteiger partial charge in [-0.15, -0.1) is 11.3 Å². The van der Waals surface area contributed by atoms with Gasteiger partial charge in [0.05, 0.1) is 6.26 Å². The Morgan fingerprint density at radius 3 is 2.78 bits per heavy atom. The van der Waals surface area contributed by atoms with Crippen molar-refractivity contribution in [2.24, 2.45) is 0 Å². The van der Waals surface area contributed by atoms with Gasteiger partial charge in [0, 0.05) is 16.0 Å². The maximum absolute atomic E-state index is 10.6. The Balaban J connectivity index is 1.97. The second-order valence-corrected chi connectivity index (χ2v) is 5.76. The number of hydrogen-bond donors (Lipinski definition) is 1. The van der Waals surface area contributed by atoms with E-state index in [1.54, 1.807) is 17.6 Å². The van der Waals surface area contributed by atoms with Crippen LogP contribution in [0, 0.1) is 0 Å². The topological polar surface area (TPSA) is 33.4 Å². The lowest BCUT2D eigenvalue weighted by Gasteiger charge is -2.20. The molecule has 0 fully saturated rings. The third-order valence-electron chi connectivity index (χ3n) is 3.05. The molecular weight excluding hydrogens is 244 g/mol. The van der Waals surface area contributed by atoms with Crippen LogP contribution in [-0.4, -0.2) is 5.11 Å². The van der Waals surface area contributed by atoms with E-state index in [4.69, 9.17) is 4.42 Å². The second-order valence-electron chi connectivity index (χ2n) is 4.68. The van der Waals surface area contributed by atoms with E-state index >= 15 is 0 Å². The summed E-state index contributed by atoms with van der Waals surface area (Å²) in [4.78, 5) is 0.972. The molecule has 1 unspecified atom stereocenters. The maximum atomic E-state index is 10.6. The van der Waals surface area contributed by atoms with Crippen molar-refractivity contribution in [3.8, 4) is 0 Å². The van der Waals surface area contributed by atoms with Crippen molar-refractivity contribution in [3.05, 3.63) is 59.4 Å². The summed E-state index contributed by atoms with van der Waals surface area (Å²) in [6.45, 7) is 1.83. The van der Waals surface area contributed by atoms with E-state index in [-0.39, 0.29) is 0 Å². The summed E-state index contributed by atoms with van der Waals surface area (Å²) in [7, 11) is 0. The summed E-state index contributed by atoms with van der Waals surface area (Å²) in [5, 5.41) is 11.8. The van der Waals surface area contributed by atoms with E-state index in [0.717, 1.165) is 10.6 Å². The number of rotatable bonds is 3. The van der Waals surface area contributed by atoms with Crippen LogP contribution in [0.4, 0.5) is 0 Å².